The molecule has 0 bridgehead atoms. The third-order valence-electron chi connectivity index (χ3n) is 12.1. The van der Waals surface area contributed by atoms with E-state index in [1.54, 1.807) is 58.8 Å². The quantitative estimate of drug-likeness (QED) is 0.134. The number of likely N-dealkylation sites (N-methyl/N-ethyl adjacent to an activating group) is 1. The van der Waals surface area contributed by atoms with E-state index in [1.807, 2.05) is 19.1 Å². The van der Waals surface area contributed by atoms with Crippen molar-refractivity contribution in [1.82, 2.24) is 4.90 Å². The molecule has 4 heterocycles. The van der Waals surface area contributed by atoms with Gasteiger partial charge in [0.1, 0.15) is 42.9 Å². The molecule has 3 saturated heterocycles. The van der Waals surface area contributed by atoms with Crippen LogP contribution in [0, 0.1) is 11.8 Å². The highest BCUT2D eigenvalue weighted by Gasteiger charge is 2.52. The summed E-state index contributed by atoms with van der Waals surface area (Å²) < 4.78 is 49.2. The molecule has 59 heavy (non-hydrogen) atoms. The van der Waals surface area contributed by atoms with Crippen molar-refractivity contribution in [1.29, 1.82) is 0 Å². The van der Waals surface area contributed by atoms with Gasteiger partial charge in [0.2, 0.25) is 0 Å². The first kappa shape index (κ1) is 49.7. The van der Waals surface area contributed by atoms with Crippen molar-refractivity contribution in [3.8, 4) is 0 Å². The van der Waals surface area contributed by atoms with E-state index < -0.39 is 128 Å². The first-order valence-electron chi connectivity index (χ1n) is 20.9. The number of hydrogen-bond donors (Lipinski definition) is 6. The van der Waals surface area contributed by atoms with Crippen molar-refractivity contribution in [2.24, 2.45) is 11.8 Å². The third-order valence-corrected chi connectivity index (χ3v) is 12.1. The Morgan fingerprint density at radius 1 is 0.831 bits per heavy atom. The van der Waals surface area contributed by atoms with Crippen LogP contribution in [-0.2, 0) is 47.5 Å². The van der Waals surface area contributed by atoms with Crippen LogP contribution in [0.5, 0.6) is 0 Å². The van der Waals surface area contributed by atoms with E-state index in [9.17, 15) is 40.2 Å². The van der Waals surface area contributed by atoms with Crippen LogP contribution in [0.25, 0.3) is 0 Å². The molecule has 4 aliphatic heterocycles. The van der Waals surface area contributed by atoms with Crippen molar-refractivity contribution in [2.75, 3.05) is 21.2 Å². The van der Waals surface area contributed by atoms with Gasteiger partial charge >= 0.3 is 5.97 Å². The lowest BCUT2D eigenvalue weighted by atomic mass is 9.82. The molecule has 17 nitrogen and oxygen atoms in total. The Hall–Kier alpha value is -1.94. The van der Waals surface area contributed by atoms with E-state index in [1.165, 1.54) is 21.0 Å². The number of esters is 1. The van der Waals surface area contributed by atoms with Crippen LogP contribution in [0.4, 0.5) is 0 Å². The van der Waals surface area contributed by atoms with Crippen LogP contribution in [-0.4, -0.2) is 178 Å². The highest BCUT2D eigenvalue weighted by molar-refractivity contribution is 5.70. The van der Waals surface area contributed by atoms with Gasteiger partial charge in [0.25, 0.3) is 0 Å². The van der Waals surface area contributed by atoms with Crippen LogP contribution in [0.15, 0.2) is 24.3 Å². The Balaban J connectivity index is 1.68. The molecule has 20 atom stereocenters. The van der Waals surface area contributed by atoms with Gasteiger partial charge in [0.05, 0.1) is 60.3 Å². The highest BCUT2D eigenvalue weighted by atomic mass is 16.7. The molecule has 0 aromatic heterocycles. The van der Waals surface area contributed by atoms with E-state index >= 15 is 0 Å². The van der Waals surface area contributed by atoms with E-state index in [0.717, 1.165) is 6.29 Å². The lowest BCUT2D eigenvalue weighted by Gasteiger charge is -2.50. The fourth-order valence-electron chi connectivity index (χ4n) is 8.79. The van der Waals surface area contributed by atoms with Crippen molar-refractivity contribution in [3.63, 3.8) is 0 Å². The van der Waals surface area contributed by atoms with Gasteiger partial charge in [-0.25, -0.2) is 0 Å². The van der Waals surface area contributed by atoms with Crippen molar-refractivity contribution in [3.05, 3.63) is 24.3 Å². The van der Waals surface area contributed by atoms with E-state index in [0.29, 0.717) is 6.42 Å². The van der Waals surface area contributed by atoms with Gasteiger partial charge in [-0.2, -0.15) is 0 Å². The summed E-state index contributed by atoms with van der Waals surface area (Å²) in [5, 5.41) is 66.5. The Labute approximate surface area is 348 Å². The highest BCUT2D eigenvalue weighted by Crippen LogP contribution is 2.38. The minimum atomic E-state index is -1.49. The number of carbonyl (C=O) groups excluding carboxylic acids is 2. The molecule has 1 unspecified atom stereocenters. The van der Waals surface area contributed by atoms with E-state index in [2.05, 4.69) is 0 Å². The standard InChI is InChI=1S/C42H71NO16/c1-22-18-27(16-17-44)36(59-40-34(47)33(43(8)9)35(24(3)56-40)58-32-21-42(7,51)39(49)26(5)55-32)37(52-10)28(45)19-30(46)53-23(2)14-12-11-13-15-29(22)57-31-20-41(6,50)38(48)25(4)54-31/h11-13,15,17,22-29,31-40,45,47-51H,14,16,18-21H2,1-10H3/b12-11+,15-13+/t22-,23-,24-,25+,26+,27+,28-,29+,31+,32+,33-,34-,35-,36+,37?,38+,39+,40+,41-,42-/m1/s1. The summed E-state index contributed by atoms with van der Waals surface area (Å²) in [5.41, 5.74) is -2.97. The van der Waals surface area contributed by atoms with Crippen molar-refractivity contribution < 1.29 is 78.1 Å². The molecule has 340 valence electrons. The molecule has 0 amide bonds. The molecule has 4 rings (SSSR count). The van der Waals surface area contributed by atoms with E-state index in [-0.39, 0.29) is 31.6 Å². The molecule has 17 heteroatoms. The fraction of sp³-hybridized carbons (Fsp3) is 0.857. The molecule has 0 spiro atoms. The minimum Gasteiger partial charge on any atom is -0.462 e. The number of rotatable bonds is 10. The number of hydrogen-bond acceptors (Lipinski definition) is 17. The molecular formula is C42H71NO16. The number of allylic oxidation sites excluding steroid dienone is 2. The van der Waals surface area contributed by atoms with Gasteiger partial charge in [-0.3, -0.25) is 4.79 Å². The van der Waals surface area contributed by atoms with Gasteiger partial charge in [-0.1, -0.05) is 31.2 Å². The average molecular weight is 846 g/mol. The van der Waals surface area contributed by atoms with Gasteiger partial charge in [-0.15, -0.1) is 0 Å². The summed E-state index contributed by atoms with van der Waals surface area (Å²) >= 11 is 0. The van der Waals surface area contributed by atoms with Crippen LogP contribution < -0.4 is 0 Å². The molecular weight excluding hydrogens is 774 g/mol. The predicted octanol–water partition coefficient (Wildman–Crippen LogP) is 1.12. The maximum Gasteiger partial charge on any atom is 0.308 e. The summed E-state index contributed by atoms with van der Waals surface area (Å²) in [4.78, 5) is 27.3. The largest absolute Gasteiger partial charge is 0.462 e. The van der Waals surface area contributed by atoms with Gasteiger partial charge in [0.15, 0.2) is 18.9 Å². The maximum atomic E-state index is 13.1. The molecule has 0 saturated carbocycles. The molecule has 0 aliphatic carbocycles. The Morgan fingerprint density at radius 3 is 1.97 bits per heavy atom. The van der Waals surface area contributed by atoms with Crippen LogP contribution in [0.1, 0.15) is 87.0 Å². The van der Waals surface area contributed by atoms with Gasteiger partial charge in [0, 0.05) is 32.8 Å². The number of nitrogens with zero attached hydrogens (tertiary/aromatic N) is 1. The topological polar surface area (TPSA) is 233 Å². The van der Waals surface area contributed by atoms with Crippen LogP contribution >= 0.6 is 0 Å². The average Bonchev–Trinajstić information content (AvgIpc) is 3.12. The van der Waals surface area contributed by atoms with Crippen LogP contribution in [0.2, 0.25) is 0 Å². The van der Waals surface area contributed by atoms with Crippen LogP contribution in [0.3, 0.4) is 0 Å². The minimum absolute atomic E-state index is 0.00423. The van der Waals surface area contributed by atoms with E-state index in [4.69, 9.17) is 37.9 Å². The normalized spacial score (nSPS) is 48.3. The number of methoxy groups -OCH3 is 1. The lowest BCUT2D eigenvalue weighted by molar-refractivity contribution is -0.344. The summed E-state index contributed by atoms with van der Waals surface area (Å²) in [5.74, 6) is -1.74. The third kappa shape index (κ3) is 12.8. The SMILES string of the molecule is COC1[C@H](O)CC(=O)O[C@H](C)C/C=C/C=C/[C@H](O[C@H]2C[C@@](C)(O)[C@@H](O)[C@H](C)O2)[C@H](C)C[C@H](CC=O)[C@@H]1O[C@@H]1O[C@H](C)[C@@H](O[C@H]2C[C@@](C)(O)[C@@H](O)[C@H](C)O2)[C@H](N(C)C)[C@H]1O. The summed E-state index contributed by atoms with van der Waals surface area (Å²) in [6.07, 6.45) is -6.83. The summed E-state index contributed by atoms with van der Waals surface area (Å²) in [7, 11) is 4.85. The second-order valence-corrected chi connectivity index (χ2v) is 17.7. The maximum absolute atomic E-state index is 13.1. The molecule has 0 aromatic rings. The molecule has 0 aromatic carbocycles. The monoisotopic (exact) mass is 845 g/mol. The van der Waals surface area contributed by atoms with Crippen molar-refractivity contribution in [2.45, 2.75) is 196 Å². The zero-order chi connectivity index (χ0) is 44.0. The predicted molar refractivity (Wildman–Crippen MR) is 211 cm³/mol. The Morgan fingerprint density at radius 2 is 1.42 bits per heavy atom. The second kappa shape index (κ2) is 21.4. The fourth-order valence-corrected chi connectivity index (χ4v) is 8.79. The van der Waals surface area contributed by atoms with Crippen molar-refractivity contribution >= 4 is 12.3 Å². The number of cyclic esters (lactones) is 1. The first-order chi connectivity index (χ1) is 27.6. The molecule has 0 radical (unpaired) electrons. The molecule has 6 N–H and O–H groups in total. The number of carbonyl (C=O) groups is 2. The number of aliphatic hydroxyl groups is 6. The number of aliphatic hydroxyl groups excluding tert-OH is 4. The Bertz CT molecular complexity index is 1390. The first-order valence-corrected chi connectivity index (χ1v) is 20.9. The smallest absolute Gasteiger partial charge is 0.308 e. The summed E-state index contributed by atoms with van der Waals surface area (Å²) in [6.45, 7) is 11.7. The molecule has 3 fully saturated rings. The lowest BCUT2D eigenvalue weighted by Crippen LogP contribution is -2.65. The second-order valence-electron chi connectivity index (χ2n) is 17.7. The van der Waals surface area contributed by atoms with Gasteiger partial charge < -0.3 is 78.2 Å². The Kier molecular flexibility index (Phi) is 18.1. The number of aldehydes is 1. The molecule has 4 aliphatic rings. The number of ether oxygens (including phenoxy) is 8. The summed E-state index contributed by atoms with van der Waals surface area (Å²) in [6, 6.07) is -0.763. The van der Waals surface area contributed by atoms with Gasteiger partial charge in [-0.05, 0) is 73.9 Å². The zero-order valence-corrected chi connectivity index (χ0v) is 36.2. The zero-order valence-electron chi connectivity index (χ0n) is 36.2.